The average molecular weight is 314 g/mol. The fourth-order valence-electron chi connectivity index (χ4n) is 2.33. The molecule has 5 heteroatoms. The lowest BCUT2D eigenvalue weighted by Crippen LogP contribution is -2.12. The van der Waals surface area contributed by atoms with Gasteiger partial charge in [0.2, 0.25) is 0 Å². The summed E-state index contributed by atoms with van der Waals surface area (Å²) in [5.74, 6) is -0.147. The number of rotatable bonds is 3. The molecule has 0 bridgehead atoms. The number of H-pyrrole nitrogens is 1. The number of carbonyl (C=O) groups excluding carboxylic acids is 1. The standard InChI is InChI=1S/C17H16ClN3O/c1-21(2)13-6-4-12(5-7-13)20-17(22)15-10-19-16-9-11(18)3-8-14(15)16/h3-10,19H,1-2H3,(H,20,22). The zero-order chi connectivity index (χ0) is 15.7. The van der Waals surface area contributed by atoms with E-state index in [0.29, 0.717) is 10.6 Å². The van der Waals surface area contributed by atoms with E-state index < -0.39 is 0 Å². The van der Waals surface area contributed by atoms with E-state index in [4.69, 9.17) is 11.6 Å². The van der Waals surface area contributed by atoms with Gasteiger partial charge < -0.3 is 15.2 Å². The predicted octanol–water partition coefficient (Wildman–Crippen LogP) is 4.14. The van der Waals surface area contributed by atoms with Gasteiger partial charge in [-0.05, 0) is 36.4 Å². The summed E-state index contributed by atoms with van der Waals surface area (Å²) in [6.07, 6.45) is 1.70. The van der Waals surface area contributed by atoms with Gasteiger partial charge in [-0.25, -0.2) is 0 Å². The van der Waals surface area contributed by atoms with Crippen LogP contribution in [0.2, 0.25) is 5.02 Å². The monoisotopic (exact) mass is 313 g/mol. The summed E-state index contributed by atoms with van der Waals surface area (Å²) >= 11 is 5.95. The Bertz CT molecular complexity index is 822. The van der Waals surface area contributed by atoms with Crippen LogP contribution in [-0.2, 0) is 0 Å². The topological polar surface area (TPSA) is 48.1 Å². The van der Waals surface area contributed by atoms with Crippen molar-refractivity contribution in [3.63, 3.8) is 0 Å². The number of hydrogen-bond donors (Lipinski definition) is 2. The van der Waals surface area contributed by atoms with Gasteiger partial charge in [0.05, 0.1) is 5.56 Å². The highest BCUT2D eigenvalue weighted by molar-refractivity contribution is 6.31. The summed E-state index contributed by atoms with van der Waals surface area (Å²) in [7, 11) is 3.95. The highest BCUT2D eigenvalue weighted by Gasteiger charge is 2.12. The van der Waals surface area contributed by atoms with Crippen molar-refractivity contribution in [1.82, 2.24) is 4.98 Å². The second-order valence-electron chi connectivity index (χ2n) is 5.29. The van der Waals surface area contributed by atoms with Crippen LogP contribution in [0.4, 0.5) is 11.4 Å². The average Bonchev–Trinajstić information content (AvgIpc) is 2.90. The quantitative estimate of drug-likeness (QED) is 0.763. The summed E-state index contributed by atoms with van der Waals surface area (Å²) in [4.78, 5) is 17.5. The maximum absolute atomic E-state index is 12.4. The fourth-order valence-corrected chi connectivity index (χ4v) is 2.50. The number of hydrogen-bond acceptors (Lipinski definition) is 2. The number of carbonyl (C=O) groups is 1. The van der Waals surface area contributed by atoms with Crippen LogP contribution in [-0.4, -0.2) is 25.0 Å². The molecule has 0 unspecified atom stereocenters. The van der Waals surface area contributed by atoms with Crippen molar-refractivity contribution in [3.8, 4) is 0 Å². The van der Waals surface area contributed by atoms with E-state index in [-0.39, 0.29) is 5.91 Å². The van der Waals surface area contributed by atoms with Gasteiger partial charge in [-0.15, -0.1) is 0 Å². The lowest BCUT2D eigenvalue weighted by atomic mass is 10.1. The van der Waals surface area contributed by atoms with Crippen molar-refractivity contribution in [3.05, 3.63) is 59.2 Å². The van der Waals surface area contributed by atoms with E-state index >= 15 is 0 Å². The van der Waals surface area contributed by atoms with E-state index in [1.54, 1.807) is 18.3 Å². The normalized spacial score (nSPS) is 10.7. The highest BCUT2D eigenvalue weighted by Crippen LogP contribution is 2.23. The number of halogens is 1. The molecule has 0 saturated carbocycles. The molecule has 0 radical (unpaired) electrons. The third kappa shape index (κ3) is 2.78. The number of amides is 1. The SMILES string of the molecule is CN(C)c1ccc(NC(=O)c2c[nH]c3cc(Cl)ccc23)cc1. The fraction of sp³-hybridized carbons (Fsp3) is 0.118. The van der Waals surface area contributed by atoms with Crippen LogP contribution in [0.1, 0.15) is 10.4 Å². The van der Waals surface area contributed by atoms with Gasteiger partial charge in [-0.3, -0.25) is 4.79 Å². The third-order valence-electron chi connectivity index (χ3n) is 3.53. The first-order chi connectivity index (χ1) is 10.5. The van der Waals surface area contributed by atoms with Crippen LogP contribution in [0.3, 0.4) is 0 Å². The third-order valence-corrected chi connectivity index (χ3v) is 3.77. The van der Waals surface area contributed by atoms with Gasteiger partial charge >= 0.3 is 0 Å². The maximum atomic E-state index is 12.4. The molecule has 4 nitrogen and oxygen atoms in total. The molecule has 0 aliphatic heterocycles. The molecule has 0 fully saturated rings. The van der Waals surface area contributed by atoms with E-state index in [1.165, 1.54) is 0 Å². The van der Waals surface area contributed by atoms with Gasteiger partial charge in [0, 0.05) is 47.6 Å². The number of anilines is 2. The maximum Gasteiger partial charge on any atom is 0.257 e. The summed E-state index contributed by atoms with van der Waals surface area (Å²) in [6, 6.07) is 13.1. The summed E-state index contributed by atoms with van der Waals surface area (Å²) in [5, 5.41) is 4.40. The predicted molar refractivity (Wildman–Crippen MR) is 92.0 cm³/mol. The number of aromatic nitrogens is 1. The summed E-state index contributed by atoms with van der Waals surface area (Å²) < 4.78 is 0. The second kappa shape index (κ2) is 5.73. The Morgan fingerprint density at radius 2 is 1.86 bits per heavy atom. The van der Waals surface area contributed by atoms with Crippen LogP contribution in [0, 0.1) is 0 Å². The van der Waals surface area contributed by atoms with Crippen molar-refractivity contribution in [2.75, 3.05) is 24.3 Å². The van der Waals surface area contributed by atoms with Gasteiger partial charge in [-0.2, -0.15) is 0 Å². The number of aromatic amines is 1. The highest BCUT2D eigenvalue weighted by atomic mass is 35.5. The van der Waals surface area contributed by atoms with Gasteiger partial charge in [0.1, 0.15) is 0 Å². The van der Waals surface area contributed by atoms with E-state index in [9.17, 15) is 4.79 Å². The molecule has 1 aromatic heterocycles. The van der Waals surface area contributed by atoms with Crippen LogP contribution in [0.25, 0.3) is 10.9 Å². The minimum Gasteiger partial charge on any atom is -0.378 e. The summed E-state index contributed by atoms with van der Waals surface area (Å²) in [6.45, 7) is 0. The lowest BCUT2D eigenvalue weighted by molar-refractivity contribution is 0.102. The first kappa shape index (κ1) is 14.5. The van der Waals surface area contributed by atoms with Crippen LogP contribution in [0.15, 0.2) is 48.7 Å². The number of nitrogens with zero attached hydrogens (tertiary/aromatic N) is 1. The largest absolute Gasteiger partial charge is 0.378 e. The molecular formula is C17H16ClN3O. The molecule has 2 aromatic carbocycles. The molecule has 1 heterocycles. The molecule has 0 aliphatic carbocycles. The first-order valence-electron chi connectivity index (χ1n) is 6.90. The Hall–Kier alpha value is -2.46. The Labute approximate surface area is 133 Å². The molecule has 3 rings (SSSR count). The van der Waals surface area contributed by atoms with Gasteiger partial charge in [-0.1, -0.05) is 17.7 Å². The molecular weight excluding hydrogens is 298 g/mol. The molecule has 1 amide bonds. The Balaban J connectivity index is 1.84. The molecule has 0 aliphatic rings. The molecule has 2 N–H and O–H groups in total. The zero-order valence-electron chi connectivity index (χ0n) is 12.4. The van der Waals surface area contributed by atoms with E-state index in [2.05, 4.69) is 10.3 Å². The molecule has 0 atom stereocenters. The van der Waals surface area contributed by atoms with Crippen molar-refractivity contribution >= 4 is 39.8 Å². The number of fused-ring (bicyclic) bond motifs is 1. The van der Waals surface area contributed by atoms with Crippen molar-refractivity contribution in [2.45, 2.75) is 0 Å². The molecule has 3 aromatic rings. The number of benzene rings is 2. The van der Waals surface area contributed by atoms with Crippen LogP contribution >= 0.6 is 11.6 Å². The van der Waals surface area contributed by atoms with Crippen LogP contribution in [0.5, 0.6) is 0 Å². The van der Waals surface area contributed by atoms with Crippen molar-refractivity contribution < 1.29 is 4.79 Å². The van der Waals surface area contributed by atoms with Crippen LogP contribution < -0.4 is 10.2 Å². The molecule has 0 saturated heterocycles. The van der Waals surface area contributed by atoms with E-state index in [0.717, 1.165) is 22.3 Å². The Kier molecular flexibility index (Phi) is 3.77. The zero-order valence-corrected chi connectivity index (χ0v) is 13.1. The van der Waals surface area contributed by atoms with Crippen molar-refractivity contribution in [1.29, 1.82) is 0 Å². The minimum atomic E-state index is -0.147. The molecule has 0 spiro atoms. The molecule has 112 valence electrons. The number of nitrogens with one attached hydrogen (secondary N) is 2. The minimum absolute atomic E-state index is 0.147. The van der Waals surface area contributed by atoms with Gasteiger partial charge in [0.25, 0.3) is 5.91 Å². The van der Waals surface area contributed by atoms with Crippen molar-refractivity contribution in [2.24, 2.45) is 0 Å². The Morgan fingerprint density at radius 3 is 2.55 bits per heavy atom. The first-order valence-corrected chi connectivity index (χ1v) is 7.28. The Morgan fingerprint density at radius 1 is 1.14 bits per heavy atom. The van der Waals surface area contributed by atoms with E-state index in [1.807, 2.05) is 49.3 Å². The smallest absolute Gasteiger partial charge is 0.257 e. The van der Waals surface area contributed by atoms with Gasteiger partial charge in [0.15, 0.2) is 0 Å². The molecule has 22 heavy (non-hydrogen) atoms. The lowest BCUT2D eigenvalue weighted by Gasteiger charge is -2.13. The second-order valence-corrected chi connectivity index (χ2v) is 5.72. The summed E-state index contributed by atoms with van der Waals surface area (Å²) in [5.41, 5.74) is 3.29.